The average molecular weight is 287 g/mol. The molecule has 1 unspecified atom stereocenters. The third kappa shape index (κ3) is 3.29. The third-order valence-electron chi connectivity index (χ3n) is 3.12. The van der Waals surface area contributed by atoms with Crippen molar-refractivity contribution in [1.29, 1.82) is 0 Å². The predicted octanol–water partition coefficient (Wildman–Crippen LogP) is 3.68. The molecule has 16 heavy (non-hydrogen) atoms. The molecule has 0 saturated heterocycles. The number of hydrogen-bond acceptors (Lipinski definition) is 1. The van der Waals surface area contributed by atoms with Gasteiger partial charge >= 0.3 is 0 Å². The quantitative estimate of drug-likeness (QED) is 0.875. The van der Waals surface area contributed by atoms with Crippen LogP contribution in [0.4, 0.5) is 4.39 Å². The van der Waals surface area contributed by atoms with Crippen LogP contribution in [0.25, 0.3) is 0 Å². The maximum absolute atomic E-state index is 13.0. The molecule has 1 aromatic carbocycles. The third-order valence-corrected chi connectivity index (χ3v) is 3.72. The normalized spacial score (nSPS) is 17.4. The summed E-state index contributed by atoms with van der Waals surface area (Å²) < 4.78 is 13.5. The van der Waals surface area contributed by atoms with Crippen LogP contribution in [0, 0.1) is 11.7 Å². The van der Waals surface area contributed by atoms with Gasteiger partial charge in [0.1, 0.15) is 5.82 Å². The summed E-state index contributed by atoms with van der Waals surface area (Å²) in [6.07, 6.45) is 4.98. The molecule has 1 aliphatic carbocycles. The molecule has 0 heterocycles. The van der Waals surface area contributed by atoms with E-state index in [2.05, 4.69) is 15.9 Å². The zero-order valence-electron chi connectivity index (χ0n) is 9.13. The van der Waals surface area contributed by atoms with E-state index < -0.39 is 0 Å². The van der Waals surface area contributed by atoms with Crippen LogP contribution in [0.15, 0.2) is 22.7 Å². The summed E-state index contributed by atoms with van der Waals surface area (Å²) in [6.45, 7) is 0. The van der Waals surface area contributed by atoms with E-state index in [0.29, 0.717) is 10.4 Å². The molecule has 1 aromatic rings. The van der Waals surface area contributed by atoms with Gasteiger partial charge < -0.3 is 5.11 Å². The Labute approximate surface area is 104 Å². The van der Waals surface area contributed by atoms with Gasteiger partial charge in [0.2, 0.25) is 0 Å². The SMILES string of the molecule is OC(CCCc1ccc(F)c(Br)c1)C1CC1. The number of benzene rings is 1. The Morgan fingerprint density at radius 3 is 2.81 bits per heavy atom. The second-order valence-electron chi connectivity index (χ2n) is 4.55. The Morgan fingerprint density at radius 2 is 2.19 bits per heavy atom. The molecule has 1 atom stereocenters. The van der Waals surface area contributed by atoms with E-state index in [1.807, 2.05) is 12.1 Å². The highest BCUT2D eigenvalue weighted by Crippen LogP contribution is 2.34. The molecule has 0 amide bonds. The number of aliphatic hydroxyl groups is 1. The molecule has 88 valence electrons. The molecular formula is C13H16BrFO. The van der Waals surface area contributed by atoms with Crippen LogP contribution in [0.3, 0.4) is 0 Å². The minimum atomic E-state index is -0.221. The van der Waals surface area contributed by atoms with Crippen LogP contribution in [0.1, 0.15) is 31.2 Å². The van der Waals surface area contributed by atoms with Crippen molar-refractivity contribution < 1.29 is 9.50 Å². The van der Waals surface area contributed by atoms with E-state index in [0.717, 1.165) is 24.8 Å². The fourth-order valence-electron chi connectivity index (χ4n) is 1.93. The van der Waals surface area contributed by atoms with E-state index in [-0.39, 0.29) is 11.9 Å². The average Bonchev–Trinajstić information content (AvgIpc) is 3.07. The van der Waals surface area contributed by atoms with Crippen molar-refractivity contribution in [2.45, 2.75) is 38.2 Å². The Bertz CT molecular complexity index is 363. The fraction of sp³-hybridized carbons (Fsp3) is 0.538. The maximum Gasteiger partial charge on any atom is 0.137 e. The Balaban J connectivity index is 1.78. The van der Waals surface area contributed by atoms with Gasteiger partial charge in [0.05, 0.1) is 10.6 Å². The highest BCUT2D eigenvalue weighted by Gasteiger charge is 2.28. The lowest BCUT2D eigenvalue weighted by atomic mass is 10.0. The Morgan fingerprint density at radius 1 is 1.44 bits per heavy atom. The molecule has 1 saturated carbocycles. The second kappa shape index (κ2) is 5.28. The van der Waals surface area contributed by atoms with E-state index >= 15 is 0 Å². The lowest BCUT2D eigenvalue weighted by molar-refractivity contribution is 0.139. The number of hydrogen-bond donors (Lipinski definition) is 1. The van der Waals surface area contributed by atoms with Crippen molar-refractivity contribution in [1.82, 2.24) is 0 Å². The number of aryl methyl sites for hydroxylation is 1. The van der Waals surface area contributed by atoms with Gasteiger partial charge in [-0.15, -0.1) is 0 Å². The van der Waals surface area contributed by atoms with Crippen LogP contribution >= 0.6 is 15.9 Å². The molecule has 0 aliphatic heterocycles. The van der Waals surface area contributed by atoms with Crippen LogP contribution in [-0.4, -0.2) is 11.2 Å². The number of rotatable bonds is 5. The van der Waals surface area contributed by atoms with Gasteiger partial charge in [-0.05, 0) is 71.6 Å². The van der Waals surface area contributed by atoms with Crippen molar-refractivity contribution >= 4 is 15.9 Å². The first-order chi connectivity index (χ1) is 7.66. The van der Waals surface area contributed by atoms with Crippen molar-refractivity contribution in [3.05, 3.63) is 34.1 Å². The smallest absolute Gasteiger partial charge is 0.137 e. The summed E-state index contributed by atoms with van der Waals surface area (Å²) in [5.41, 5.74) is 1.12. The largest absolute Gasteiger partial charge is 0.393 e. The molecule has 1 N–H and O–H groups in total. The summed E-state index contributed by atoms with van der Waals surface area (Å²) in [4.78, 5) is 0. The van der Waals surface area contributed by atoms with Crippen LogP contribution in [0.5, 0.6) is 0 Å². The van der Waals surface area contributed by atoms with Gasteiger partial charge in [0, 0.05) is 0 Å². The monoisotopic (exact) mass is 286 g/mol. The summed E-state index contributed by atoms with van der Waals surface area (Å²) in [5.74, 6) is 0.335. The molecule has 0 spiro atoms. The molecule has 1 nitrogen and oxygen atoms in total. The minimum Gasteiger partial charge on any atom is -0.393 e. The van der Waals surface area contributed by atoms with Crippen molar-refractivity contribution in [2.24, 2.45) is 5.92 Å². The highest BCUT2D eigenvalue weighted by atomic mass is 79.9. The van der Waals surface area contributed by atoms with Crippen molar-refractivity contribution in [3.63, 3.8) is 0 Å². The van der Waals surface area contributed by atoms with Gasteiger partial charge in [0.15, 0.2) is 0 Å². The summed E-state index contributed by atoms with van der Waals surface area (Å²) in [5, 5.41) is 9.70. The molecule has 0 aromatic heterocycles. The van der Waals surface area contributed by atoms with Crippen LogP contribution < -0.4 is 0 Å². The van der Waals surface area contributed by atoms with E-state index in [9.17, 15) is 9.50 Å². The molecule has 1 aliphatic rings. The molecule has 3 heteroatoms. The lowest BCUT2D eigenvalue weighted by Gasteiger charge is -2.08. The van der Waals surface area contributed by atoms with Gasteiger partial charge in [-0.25, -0.2) is 4.39 Å². The Hall–Kier alpha value is -0.410. The molecule has 0 bridgehead atoms. The Kier molecular flexibility index (Phi) is 3.98. The van der Waals surface area contributed by atoms with E-state index in [1.54, 1.807) is 0 Å². The van der Waals surface area contributed by atoms with Crippen LogP contribution in [0.2, 0.25) is 0 Å². The van der Waals surface area contributed by atoms with Crippen molar-refractivity contribution in [2.75, 3.05) is 0 Å². The first-order valence-corrected chi connectivity index (χ1v) is 6.58. The van der Waals surface area contributed by atoms with Gasteiger partial charge in [-0.2, -0.15) is 0 Å². The number of halogens is 2. The first-order valence-electron chi connectivity index (χ1n) is 5.79. The molecule has 0 radical (unpaired) electrons. The zero-order chi connectivity index (χ0) is 11.5. The molecule has 1 fully saturated rings. The number of aliphatic hydroxyl groups excluding tert-OH is 1. The maximum atomic E-state index is 13.0. The van der Waals surface area contributed by atoms with Crippen molar-refractivity contribution in [3.8, 4) is 0 Å². The second-order valence-corrected chi connectivity index (χ2v) is 5.40. The highest BCUT2D eigenvalue weighted by molar-refractivity contribution is 9.10. The topological polar surface area (TPSA) is 20.2 Å². The van der Waals surface area contributed by atoms with E-state index in [1.165, 1.54) is 18.9 Å². The standard InChI is InChI=1S/C13H16BrFO/c14-11-8-9(4-7-12(11)15)2-1-3-13(16)10-5-6-10/h4,7-8,10,13,16H,1-3,5-6H2. The minimum absolute atomic E-state index is 0.121. The first kappa shape index (κ1) is 12.1. The lowest BCUT2D eigenvalue weighted by Crippen LogP contribution is -2.08. The molecule has 2 rings (SSSR count). The summed E-state index contributed by atoms with van der Waals surface area (Å²) in [6, 6.07) is 5.11. The summed E-state index contributed by atoms with van der Waals surface area (Å²) in [7, 11) is 0. The fourth-order valence-corrected chi connectivity index (χ4v) is 2.35. The molecular weight excluding hydrogens is 271 g/mol. The predicted molar refractivity (Wildman–Crippen MR) is 65.8 cm³/mol. The van der Waals surface area contributed by atoms with Gasteiger partial charge in [0.25, 0.3) is 0 Å². The summed E-state index contributed by atoms with van der Waals surface area (Å²) >= 11 is 3.18. The zero-order valence-corrected chi connectivity index (χ0v) is 10.7. The van der Waals surface area contributed by atoms with Crippen LogP contribution in [-0.2, 0) is 6.42 Å². The van der Waals surface area contributed by atoms with Gasteiger partial charge in [-0.3, -0.25) is 0 Å². The van der Waals surface area contributed by atoms with E-state index in [4.69, 9.17) is 0 Å². The van der Waals surface area contributed by atoms with Gasteiger partial charge in [-0.1, -0.05) is 6.07 Å².